The summed E-state index contributed by atoms with van der Waals surface area (Å²) in [5, 5.41) is 0.708. The van der Waals surface area contributed by atoms with E-state index >= 15 is 0 Å². The van der Waals surface area contributed by atoms with E-state index < -0.39 is 0 Å². The van der Waals surface area contributed by atoms with Gasteiger partial charge in [-0.05, 0) is 29.9 Å². The van der Waals surface area contributed by atoms with Crippen LogP contribution >= 0.6 is 23.1 Å². The van der Waals surface area contributed by atoms with E-state index in [4.69, 9.17) is 0 Å². The smallest absolute Gasteiger partial charge is 0.262 e. The molecule has 0 saturated carbocycles. The number of carbonyl (C=O) groups excluding carboxylic acids is 2. The number of benzene rings is 1. The van der Waals surface area contributed by atoms with E-state index in [9.17, 15) is 14.4 Å². The molecule has 1 aromatic carbocycles. The minimum atomic E-state index is -0.303. The van der Waals surface area contributed by atoms with Crippen LogP contribution in [0.15, 0.2) is 35.4 Å². The third-order valence-corrected chi connectivity index (χ3v) is 7.34. The van der Waals surface area contributed by atoms with Crippen molar-refractivity contribution in [3.05, 3.63) is 62.5 Å². The topological polar surface area (TPSA) is 72.3 Å². The summed E-state index contributed by atoms with van der Waals surface area (Å²) in [6.45, 7) is 0.397. The van der Waals surface area contributed by atoms with Crippen molar-refractivity contribution in [2.75, 3.05) is 12.3 Å². The van der Waals surface area contributed by atoms with Gasteiger partial charge in [0, 0.05) is 23.7 Å². The molecule has 4 heterocycles. The van der Waals surface area contributed by atoms with Gasteiger partial charge in [-0.1, -0.05) is 12.1 Å². The Balaban J connectivity index is 1.45. The summed E-state index contributed by atoms with van der Waals surface area (Å²) in [6, 6.07) is 6.80. The Morgan fingerprint density at radius 2 is 1.78 bits per heavy atom. The zero-order chi connectivity index (χ0) is 18.5. The van der Waals surface area contributed by atoms with Crippen LogP contribution in [0.3, 0.4) is 0 Å². The van der Waals surface area contributed by atoms with E-state index in [0.717, 1.165) is 28.3 Å². The number of aryl methyl sites for hydroxylation is 1. The molecule has 8 heteroatoms. The van der Waals surface area contributed by atoms with Gasteiger partial charge < -0.3 is 0 Å². The SMILES string of the molecule is O=C1c2ccccc2C(=O)N1CCn1cnc2sc3c(c2c1=O)CCSC3. The Kier molecular flexibility index (Phi) is 3.91. The van der Waals surface area contributed by atoms with Gasteiger partial charge in [-0.15, -0.1) is 11.3 Å². The van der Waals surface area contributed by atoms with Crippen LogP contribution in [-0.4, -0.2) is 38.6 Å². The summed E-state index contributed by atoms with van der Waals surface area (Å²) in [7, 11) is 0. The lowest BCUT2D eigenvalue weighted by Gasteiger charge is -2.15. The Hall–Kier alpha value is -2.45. The van der Waals surface area contributed by atoms with E-state index in [1.54, 1.807) is 35.6 Å². The molecule has 27 heavy (non-hydrogen) atoms. The van der Waals surface area contributed by atoms with Gasteiger partial charge in [0.2, 0.25) is 0 Å². The fraction of sp³-hybridized carbons (Fsp3) is 0.263. The maximum Gasteiger partial charge on any atom is 0.262 e. The maximum absolute atomic E-state index is 13.0. The standard InChI is InChI=1S/C19H15N3O3S2/c23-17-11-3-1-2-4-12(11)18(24)22(17)7-6-21-10-20-16-15(19(21)25)13-5-8-26-9-14(13)27-16/h1-4,10H,5-9H2. The molecule has 0 spiro atoms. The van der Waals surface area contributed by atoms with E-state index in [1.807, 2.05) is 11.8 Å². The molecule has 0 atom stereocenters. The molecule has 0 N–H and O–H groups in total. The minimum Gasteiger partial charge on any atom is -0.297 e. The van der Waals surface area contributed by atoms with Gasteiger partial charge in [0.05, 0.1) is 22.8 Å². The molecule has 2 aliphatic heterocycles. The van der Waals surface area contributed by atoms with Gasteiger partial charge in [0.15, 0.2) is 0 Å². The predicted molar refractivity (Wildman–Crippen MR) is 106 cm³/mol. The molecule has 6 nitrogen and oxygen atoms in total. The average Bonchev–Trinajstić information content (AvgIpc) is 3.18. The molecule has 2 aliphatic rings. The van der Waals surface area contributed by atoms with Crippen molar-refractivity contribution in [2.24, 2.45) is 0 Å². The summed E-state index contributed by atoms with van der Waals surface area (Å²) in [4.78, 5) is 45.6. The molecule has 0 bridgehead atoms. The summed E-state index contributed by atoms with van der Waals surface area (Å²) in [5.74, 6) is 1.35. The molecule has 0 radical (unpaired) electrons. The van der Waals surface area contributed by atoms with Crippen LogP contribution in [0.2, 0.25) is 0 Å². The van der Waals surface area contributed by atoms with Crippen molar-refractivity contribution in [1.82, 2.24) is 14.5 Å². The summed E-state index contributed by atoms with van der Waals surface area (Å²) in [6.07, 6.45) is 2.41. The first-order valence-corrected chi connectivity index (χ1v) is 10.6. The van der Waals surface area contributed by atoms with Crippen LogP contribution in [0.4, 0.5) is 0 Å². The van der Waals surface area contributed by atoms with E-state index in [0.29, 0.717) is 16.5 Å². The molecule has 2 aromatic heterocycles. The number of imide groups is 1. The zero-order valence-electron chi connectivity index (χ0n) is 14.3. The lowest BCUT2D eigenvalue weighted by Crippen LogP contribution is -2.35. The van der Waals surface area contributed by atoms with Crippen LogP contribution < -0.4 is 5.56 Å². The number of amides is 2. The van der Waals surface area contributed by atoms with Crippen molar-refractivity contribution in [3.63, 3.8) is 0 Å². The minimum absolute atomic E-state index is 0.0824. The van der Waals surface area contributed by atoms with Crippen LogP contribution in [-0.2, 0) is 18.7 Å². The van der Waals surface area contributed by atoms with Crippen LogP contribution in [0.1, 0.15) is 31.2 Å². The van der Waals surface area contributed by atoms with Gasteiger partial charge in [0.25, 0.3) is 17.4 Å². The van der Waals surface area contributed by atoms with Gasteiger partial charge in [0.1, 0.15) is 4.83 Å². The third-order valence-electron chi connectivity index (χ3n) is 5.03. The fourth-order valence-corrected chi connectivity index (χ4v) is 5.97. The number of carbonyl (C=O) groups is 2. The van der Waals surface area contributed by atoms with E-state index in [2.05, 4.69) is 4.98 Å². The first kappa shape index (κ1) is 16.7. The largest absolute Gasteiger partial charge is 0.297 e. The van der Waals surface area contributed by atoms with Gasteiger partial charge in [-0.25, -0.2) is 4.98 Å². The van der Waals surface area contributed by atoms with Crippen LogP contribution in [0.25, 0.3) is 10.2 Å². The van der Waals surface area contributed by atoms with Crippen molar-refractivity contribution < 1.29 is 9.59 Å². The van der Waals surface area contributed by atoms with Gasteiger partial charge in [-0.3, -0.25) is 23.9 Å². The first-order valence-electron chi connectivity index (χ1n) is 8.68. The fourth-order valence-electron chi connectivity index (χ4n) is 3.66. The zero-order valence-corrected chi connectivity index (χ0v) is 15.9. The molecule has 0 fully saturated rings. The lowest BCUT2D eigenvalue weighted by molar-refractivity contribution is 0.0648. The Bertz CT molecular complexity index is 1130. The second-order valence-electron chi connectivity index (χ2n) is 6.54. The molecule has 136 valence electrons. The highest BCUT2D eigenvalue weighted by molar-refractivity contribution is 7.98. The van der Waals surface area contributed by atoms with Crippen molar-refractivity contribution in [3.8, 4) is 0 Å². The number of aromatic nitrogens is 2. The first-order chi connectivity index (χ1) is 13.1. The van der Waals surface area contributed by atoms with Crippen molar-refractivity contribution in [2.45, 2.75) is 18.7 Å². The number of hydrogen-bond donors (Lipinski definition) is 0. The monoisotopic (exact) mass is 397 g/mol. The molecule has 0 unspecified atom stereocenters. The predicted octanol–water partition coefficient (Wildman–Crippen LogP) is 2.54. The van der Waals surface area contributed by atoms with Crippen molar-refractivity contribution >= 4 is 45.1 Å². The summed E-state index contributed by atoms with van der Waals surface area (Å²) >= 11 is 3.47. The van der Waals surface area contributed by atoms with Crippen molar-refractivity contribution in [1.29, 1.82) is 0 Å². The highest BCUT2D eigenvalue weighted by Crippen LogP contribution is 2.35. The van der Waals surface area contributed by atoms with E-state index in [-0.39, 0.29) is 30.5 Å². The highest BCUT2D eigenvalue weighted by atomic mass is 32.2. The third kappa shape index (κ3) is 2.55. The second-order valence-corrected chi connectivity index (χ2v) is 8.73. The lowest BCUT2D eigenvalue weighted by atomic mass is 10.1. The Labute approximate surface area is 162 Å². The second kappa shape index (κ2) is 6.31. The number of hydrogen-bond acceptors (Lipinski definition) is 6. The Morgan fingerprint density at radius 1 is 1.04 bits per heavy atom. The molecular weight excluding hydrogens is 382 g/mol. The quantitative estimate of drug-likeness (QED) is 0.635. The number of thiophene rings is 1. The number of thioether (sulfide) groups is 1. The molecule has 2 amide bonds. The summed E-state index contributed by atoms with van der Waals surface area (Å²) in [5.41, 5.74) is 1.89. The average molecular weight is 397 g/mol. The molecular formula is C19H15N3O3S2. The van der Waals surface area contributed by atoms with Gasteiger partial charge >= 0.3 is 0 Å². The molecule has 0 aliphatic carbocycles. The normalized spacial score (nSPS) is 16.1. The number of fused-ring (bicyclic) bond motifs is 4. The maximum atomic E-state index is 13.0. The van der Waals surface area contributed by atoms with Gasteiger partial charge in [-0.2, -0.15) is 11.8 Å². The Morgan fingerprint density at radius 3 is 2.52 bits per heavy atom. The highest BCUT2D eigenvalue weighted by Gasteiger charge is 2.34. The summed E-state index contributed by atoms with van der Waals surface area (Å²) < 4.78 is 1.51. The molecule has 3 aromatic rings. The van der Waals surface area contributed by atoms with Crippen LogP contribution in [0, 0.1) is 0 Å². The van der Waals surface area contributed by atoms with Crippen LogP contribution in [0.5, 0.6) is 0 Å². The number of nitrogens with zero attached hydrogens (tertiary/aromatic N) is 3. The molecule has 5 rings (SSSR count). The molecule has 0 saturated heterocycles. The van der Waals surface area contributed by atoms with E-state index in [1.165, 1.54) is 20.7 Å². The number of rotatable bonds is 3.